The van der Waals surface area contributed by atoms with Crippen LogP contribution in [0.5, 0.6) is 0 Å². The van der Waals surface area contributed by atoms with Crippen molar-refractivity contribution in [3.05, 3.63) is 157 Å². The van der Waals surface area contributed by atoms with Gasteiger partial charge >= 0.3 is 0 Å². The van der Waals surface area contributed by atoms with Crippen LogP contribution in [0.15, 0.2) is 152 Å². The predicted octanol–water partition coefficient (Wildman–Crippen LogP) is 9.88. The maximum absolute atomic E-state index is 10.6. The summed E-state index contributed by atoms with van der Waals surface area (Å²) in [6.45, 7) is 0. The van der Waals surface area contributed by atoms with E-state index >= 15 is 0 Å². The van der Waals surface area contributed by atoms with Crippen LogP contribution in [0.4, 0.5) is 0 Å². The summed E-state index contributed by atoms with van der Waals surface area (Å²) >= 11 is 0. The molecule has 0 saturated carbocycles. The number of para-hydroxylation sites is 3. The molecule has 0 fully saturated rings. The fourth-order valence-electron chi connectivity index (χ4n) is 6.91. The smallest absolute Gasteiger partial charge is 0.0998 e. The van der Waals surface area contributed by atoms with Crippen LogP contribution in [0.3, 0.4) is 0 Å². The molecular weight excluding hydrogens is 562 g/mol. The molecule has 0 amide bonds. The van der Waals surface area contributed by atoms with Gasteiger partial charge in [-0.05, 0) is 59.7 Å². The molecule has 0 radical (unpaired) electrons. The lowest BCUT2D eigenvalue weighted by atomic mass is 9.93. The summed E-state index contributed by atoms with van der Waals surface area (Å²) in [6.07, 6.45) is 3.70. The maximum Gasteiger partial charge on any atom is 0.0998 e. The van der Waals surface area contributed by atoms with Crippen molar-refractivity contribution in [2.24, 2.45) is 0 Å². The van der Waals surface area contributed by atoms with Gasteiger partial charge in [0.25, 0.3) is 0 Å². The molecule has 5 heteroatoms. The lowest BCUT2D eigenvalue weighted by Gasteiger charge is -2.21. The number of nitrogens with zero attached hydrogens (tertiary/aromatic N) is 5. The Bertz CT molecular complexity index is 2550. The van der Waals surface area contributed by atoms with Gasteiger partial charge in [0.2, 0.25) is 0 Å². The highest BCUT2D eigenvalue weighted by atomic mass is 15.1. The van der Waals surface area contributed by atoms with Crippen molar-refractivity contribution in [1.82, 2.24) is 19.1 Å². The van der Waals surface area contributed by atoms with Crippen LogP contribution < -0.4 is 0 Å². The molecule has 0 aliphatic rings. The minimum atomic E-state index is 0.613. The number of aromatic nitrogens is 4. The number of pyridine rings is 2. The van der Waals surface area contributed by atoms with Crippen molar-refractivity contribution in [1.29, 1.82) is 5.26 Å². The summed E-state index contributed by atoms with van der Waals surface area (Å²) < 4.78 is 4.61. The Morgan fingerprint density at radius 2 is 1.09 bits per heavy atom. The molecule has 0 N–H and O–H groups in total. The standard InChI is InChI=1S/C41H25N5/c42-26-29-25-28(27-11-2-1-3-12-27)21-22-30(29)31-15-8-18-38(45-34-16-6-4-13-32(34)39-36(45)19-9-23-43-39)41(31)46-35-17-7-5-14-33(35)40-37(46)20-10-24-44-40/h1-25H. The maximum atomic E-state index is 10.6. The highest BCUT2D eigenvalue weighted by molar-refractivity contribution is 6.10. The van der Waals surface area contributed by atoms with E-state index in [9.17, 15) is 5.26 Å². The average Bonchev–Trinajstić information content (AvgIpc) is 3.64. The van der Waals surface area contributed by atoms with E-state index in [0.29, 0.717) is 5.56 Å². The molecule has 9 rings (SSSR count). The van der Waals surface area contributed by atoms with Crippen LogP contribution in [-0.2, 0) is 0 Å². The molecular formula is C41H25N5. The lowest BCUT2D eigenvalue weighted by Crippen LogP contribution is -2.06. The third-order valence-corrected chi connectivity index (χ3v) is 8.87. The summed E-state index contributed by atoms with van der Waals surface area (Å²) in [6, 6.07) is 50.3. The summed E-state index contributed by atoms with van der Waals surface area (Å²) in [5, 5.41) is 12.7. The number of fused-ring (bicyclic) bond motifs is 6. The quantitative estimate of drug-likeness (QED) is 0.206. The van der Waals surface area contributed by atoms with Gasteiger partial charge in [-0.1, -0.05) is 91.0 Å². The van der Waals surface area contributed by atoms with Crippen molar-refractivity contribution >= 4 is 43.9 Å². The number of benzene rings is 5. The fourth-order valence-corrected chi connectivity index (χ4v) is 6.91. The van der Waals surface area contributed by atoms with E-state index in [4.69, 9.17) is 9.97 Å². The summed E-state index contributed by atoms with van der Waals surface area (Å²) in [5.41, 5.74) is 12.5. The molecule has 0 unspecified atom stereocenters. The lowest BCUT2D eigenvalue weighted by molar-refractivity contribution is 1.09. The van der Waals surface area contributed by atoms with Crippen molar-refractivity contribution in [2.75, 3.05) is 0 Å². The van der Waals surface area contributed by atoms with E-state index in [0.717, 1.165) is 77.5 Å². The number of nitriles is 1. The van der Waals surface area contributed by atoms with E-state index in [2.05, 4.69) is 118 Å². The van der Waals surface area contributed by atoms with Crippen LogP contribution in [0, 0.1) is 11.3 Å². The number of hydrogen-bond donors (Lipinski definition) is 0. The van der Waals surface area contributed by atoms with E-state index in [1.807, 2.05) is 48.8 Å². The third kappa shape index (κ3) is 3.81. The van der Waals surface area contributed by atoms with Crippen molar-refractivity contribution < 1.29 is 0 Å². The first-order valence-corrected chi connectivity index (χ1v) is 15.2. The van der Waals surface area contributed by atoms with Crippen molar-refractivity contribution in [3.8, 4) is 39.7 Å². The molecule has 5 aromatic carbocycles. The Balaban J connectivity index is 1.44. The normalized spacial score (nSPS) is 11.5. The Morgan fingerprint density at radius 1 is 0.478 bits per heavy atom. The summed E-state index contributed by atoms with van der Waals surface area (Å²) in [7, 11) is 0. The van der Waals surface area contributed by atoms with Gasteiger partial charge in [-0.2, -0.15) is 5.26 Å². The minimum absolute atomic E-state index is 0.613. The Morgan fingerprint density at radius 3 is 1.78 bits per heavy atom. The van der Waals surface area contributed by atoms with Crippen LogP contribution in [-0.4, -0.2) is 19.1 Å². The first-order chi connectivity index (χ1) is 22.8. The van der Waals surface area contributed by atoms with Gasteiger partial charge in [-0.15, -0.1) is 0 Å². The van der Waals surface area contributed by atoms with Crippen LogP contribution in [0.1, 0.15) is 5.56 Å². The Kier molecular flexibility index (Phi) is 5.81. The molecule has 0 spiro atoms. The zero-order valence-corrected chi connectivity index (χ0v) is 24.7. The van der Waals surface area contributed by atoms with E-state index < -0.39 is 0 Å². The molecule has 9 aromatic rings. The van der Waals surface area contributed by atoms with E-state index in [1.54, 1.807) is 0 Å². The van der Waals surface area contributed by atoms with Gasteiger partial charge in [-0.3, -0.25) is 9.97 Å². The van der Waals surface area contributed by atoms with Crippen LogP contribution >= 0.6 is 0 Å². The van der Waals surface area contributed by atoms with Gasteiger partial charge in [0.05, 0.1) is 56.1 Å². The second-order valence-electron chi connectivity index (χ2n) is 11.4. The second-order valence-corrected chi connectivity index (χ2v) is 11.4. The van der Waals surface area contributed by atoms with Gasteiger partial charge in [-0.25, -0.2) is 0 Å². The molecule has 4 aromatic heterocycles. The highest BCUT2D eigenvalue weighted by Gasteiger charge is 2.24. The van der Waals surface area contributed by atoms with Crippen molar-refractivity contribution in [3.63, 3.8) is 0 Å². The Hall–Kier alpha value is -6.51. The van der Waals surface area contributed by atoms with Crippen LogP contribution in [0.2, 0.25) is 0 Å². The largest absolute Gasteiger partial charge is 0.305 e. The molecule has 0 bridgehead atoms. The van der Waals surface area contributed by atoms with E-state index in [1.165, 1.54) is 0 Å². The minimum Gasteiger partial charge on any atom is -0.305 e. The number of hydrogen-bond acceptors (Lipinski definition) is 3. The molecule has 0 aliphatic carbocycles. The van der Waals surface area contributed by atoms with Gasteiger partial charge in [0.15, 0.2) is 0 Å². The van der Waals surface area contributed by atoms with Gasteiger partial charge in [0, 0.05) is 34.3 Å². The zero-order valence-electron chi connectivity index (χ0n) is 24.7. The topological polar surface area (TPSA) is 59.4 Å². The van der Waals surface area contributed by atoms with Gasteiger partial charge < -0.3 is 9.13 Å². The third-order valence-electron chi connectivity index (χ3n) is 8.87. The molecule has 0 atom stereocenters. The molecule has 0 saturated heterocycles. The molecule has 214 valence electrons. The van der Waals surface area contributed by atoms with Gasteiger partial charge in [0.1, 0.15) is 0 Å². The van der Waals surface area contributed by atoms with Crippen LogP contribution in [0.25, 0.3) is 77.5 Å². The number of rotatable bonds is 4. The SMILES string of the molecule is N#Cc1cc(-c2ccccc2)ccc1-c1cccc(-n2c3ccccc3c3ncccc32)c1-n1c2ccccc2c2ncccc21. The van der Waals surface area contributed by atoms with Crippen molar-refractivity contribution in [2.45, 2.75) is 0 Å². The monoisotopic (exact) mass is 587 g/mol. The first kappa shape index (κ1) is 25.9. The molecule has 46 heavy (non-hydrogen) atoms. The first-order valence-electron chi connectivity index (χ1n) is 15.2. The summed E-state index contributed by atoms with van der Waals surface area (Å²) in [4.78, 5) is 9.65. The second kappa shape index (κ2) is 10.3. The molecule has 4 heterocycles. The zero-order chi connectivity index (χ0) is 30.6. The fraction of sp³-hybridized carbons (Fsp3) is 0. The highest BCUT2D eigenvalue weighted by Crippen LogP contribution is 2.42. The predicted molar refractivity (Wildman–Crippen MR) is 186 cm³/mol. The average molecular weight is 588 g/mol. The molecule has 0 aliphatic heterocycles. The molecule has 5 nitrogen and oxygen atoms in total. The summed E-state index contributed by atoms with van der Waals surface area (Å²) in [5.74, 6) is 0. The van der Waals surface area contributed by atoms with E-state index in [-0.39, 0.29) is 0 Å². The Labute approximate surface area is 264 Å².